The summed E-state index contributed by atoms with van der Waals surface area (Å²) in [4.78, 5) is 24.7. The van der Waals surface area contributed by atoms with Gasteiger partial charge in [0.05, 0.1) is 5.52 Å². The van der Waals surface area contributed by atoms with E-state index >= 15 is 0 Å². The van der Waals surface area contributed by atoms with Gasteiger partial charge in [-0.2, -0.15) is 0 Å². The Bertz CT molecular complexity index is 1190. The van der Waals surface area contributed by atoms with Crippen LogP contribution in [0.15, 0.2) is 49.3 Å². The molecule has 1 aliphatic heterocycles. The summed E-state index contributed by atoms with van der Waals surface area (Å²) >= 11 is 6.65. The van der Waals surface area contributed by atoms with Crippen LogP contribution in [0.1, 0.15) is 24.3 Å². The number of rotatable bonds is 4. The minimum atomic E-state index is -0.289. The van der Waals surface area contributed by atoms with Crippen molar-refractivity contribution in [2.45, 2.75) is 18.8 Å². The minimum absolute atomic E-state index is 0.0599. The monoisotopic (exact) mass is 436 g/mol. The lowest BCUT2D eigenvalue weighted by molar-refractivity contribution is -0.126. The van der Waals surface area contributed by atoms with Crippen LogP contribution < -0.4 is 4.90 Å². The van der Waals surface area contributed by atoms with Crippen molar-refractivity contribution in [1.29, 1.82) is 0 Å². The quantitative estimate of drug-likeness (QED) is 0.551. The summed E-state index contributed by atoms with van der Waals surface area (Å²) in [6, 6.07) is 8.97. The van der Waals surface area contributed by atoms with Gasteiger partial charge in [0.25, 0.3) is 0 Å². The lowest BCUT2D eigenvalue weighted by atomic mass is 9.99. The molecule has 0 spiro atoms. The molecule has 0 atom stereocenters. The van der Waals surface area contributed by atoms with Crippen LogP contribution in [0.3, 0.4) is 0 Å². The van der Waals surface area contributed by atoms with Crippen molar-refractivity contribution in [3.63, 3.8) is 0 Å². The predicted octanol–water partition coefficient (Wildman–Crippen LogP) is 4.80. The highest BCUT2D eigenvalue weighted by atomic mass is 35.5. The molecule has 2 aromatic carbocycles. The van der Waals surface area contributed by atoms with E-state index < -0.39 is 0 Å². The van der Waals surface area contributed by atoms with Gasteiger partial charge in [-0.1, -0.05) is 24.2 Å². The molecule has 7 heteroatoms. The summed E-state index contributed by atoms with van der Waals surface area (Å²) < 4.78 is 14.7. The Kier molecular flexibility index (Phi) is 5.10. The molecule has 2 fully saturated rings. The van der Waals surface area contributed by atoms with Crippen LogP contribution >= 0.6 is 11.6 Å². The van der Waals surface area contributed by atoms with Crippen molar-refractivity contribution in [3.8, 4) is 11.1 Å². The fourth-order valence-electron chi connectivity index (χ4n) is 4.21. The van der Waals surface area contributed by atoms with E-state index in [0.717, 1.165) is 29.6 Å². The van der Waals surface area contributed by atoms with Gasteiger partial charge >= 0.3 is 0 Å². The van der Waals surface area contributed by atoms with E-state index in [1.807, 2.05) is 24.3 Å². The average Bonchev–Trinajstić information content (AvgIpc) is 3.64. The molecule has 5 rings (SSSR count). The second kappa shape index (κ2) is 7.93. The number of carbonyl (C=O) groups is 1. The Morgan fingerprint density at radius 3 is 2.58 bits per heavy atom. The van der Waals surface area contributed by atoms with Crippen LogP contribution in [0.5, 0.6) is 0 Å². The Morgan fingerprint density at radius 1 is 1.10 bits per heavy atom. The Balaban J connectivity index is 1.50. The molecule has 1 saturated carbocycles. The number of aromatic nitrogens is 2. The van der Waals surface area contributed by atoms with Crippen molar-refractivity contribution < 1.29 is 9.18 Å². The number of fused-ring (bicyclic) bond motifs is 1. The van der Waals surface area contributed by atoms with Crippen molar-refractivity contribution in [1.82, 2.24) is 14.9 Å². The van der Waals surface area contributed by atoms with Crippen LogP contribution in [0.4, 0.5) is 10.2 Å². The molecule has 0 N–H and O–H groups in total. The molecular weight excluding hydrogens is 415 g/mol. The fourth-order valence-corrected chi connectivity index (χ4v) is 4.47. The van der Waals surface area contributed by atoms with Gasteiger partial charge in [0.15, 0.2) is 0 Å². The second-order valence-electron chi connectivity index (χ2n) is 8.08. The highest BCUT2D eigenvalue weighted by Crippen LogP contribution is 2.43. The number of halogens is 2. The molecule has 1 aliphatic carbocycles. The lowest BCUT2D eigenvalue weighted by Gasteiger charge is -2.35. The normalized spacial score (nSPS) is 16.6. The van der Waals surface area contributed by atoms with Crippen LogP contribution in [0.2, 0.25) is 5.02 Å². The van der Waals surface area contributed by atoms with E-state index in [4.69, 9.17) is 11.6 Å². The molecule has 1 saturated heterocycles. The van der Waals surface area contributed by atoms with Crippen LogP contribution in [-0.2, 0) is 4.79 Å². The Hall–Kier alpha value is -2.99. The van der Waals surface area contributed by atoms with Crippen molar-refractivity contribution in [3.05, 3.63) is 65.7 Å². The molecule has 1 amide bonds. The first-order valence-corrected chi connectivity index (χ1v) is 10.8. The summed E-state index contributed by atoms with van der Waals surface area (Å²) in [5.74, 6) is 0.953. The zero-order valence-electron chi connectivity index (χ0n) is 17.0. The third kappa shape index (κ3) is 3.76. The largest absolute Gasteiger partial charge is 0.352 e. The van der Waals surface area contributed by atoms with Crippen LogP contribution in [0.25, 0.3) is 22.0 Å². The van der Waals surface area contributed by atoms with Gasteiger partial charge in [-0.3, -0.25) is 4.79 Å². The smallest absolute Gasteiger partial charge is 0.246 e. The number of carbonyl (C=O) groups excluding carboxylic acids is 1. The number of amides is 1. The van der Waals surface area contributed by atoms with E-state index in [1.54, 1.807) is 4.90 Å². The van der Waals surface area contributed by atoms with E-state index in [2.05, 4.69) is 21.4 Å². The molecule has 158 valence electrons. The first-order chi connectivity index (χ1) is 15.0. The van der Waals surface area contributed by atoms with Crippen LogP contribution in [0, 0.1) is 5.82 Å². The maximum atomic E-state index is 14.7. The maximum Gasteiger partial charge on any atom is 0.246 e. The molecule has 0 radical (unpaired) electrons. The number of nitrogens with zero attached hydrogens (tertiary/aromatic N) is 4. The van der Waals surface area contributed by atoms with Crippen molar-refractivity contribution >= 4 is 34.2 Å². The molecule has 1 aromatic heterocycles. The molecule has 3 aromatic rings. The van der Waals surface area contributed by atoms with E-state index in [-0.39, 0.29) is 11.7 Å². The number of hydrogen-bond acceptors (Lipinski definition) is 4. The van der Waals surface area contributed by atoms with E-state index in [0.29, 0.717) is 53.8 Å². The number of hydrogen-bond donors (Lipinski definition) is 0. The highest BCUT2D eigenvalue weighted by molar-refractivity contribution is 6.34. The Morgan fingerprint density at radius 2 is 1.87 bits per heavy atom. The topological polar surface area (TPSA) is 49.3 Å². The number of benzene rings is 2. The predicted molar refractivity (Wildman–Crippen MR) is 121 cm³/mol. The van der Waals surface area contributed by atoms with Gasteiger partial charge in [-0.15, -0.1) is 0 Å². The summed E-state index contributed by atoms with van der Waals surface area (Å²) in [6.45, 7) is 6.06. The van der Waals surface area contributed by atoms with Gasteiger partial charge in [0, 0.05) is 47.7 Å². The van der Waals surface area contributed by atoms with Crippen LogP contribution in [-0.4, -0.2) is 47.0 Å². The first kappa shape index (κ1) is 19.9. The van der Waals surface area contributed by atoms with Gasteiger partial charge in [-0.25, -0.2) is 14.4 Å². The number of anilines is 1. The molecule has 0 bridgehead atoms. The number of piperazine rings is 1. The third-order valence-electron chi connectivity index (χ3n) is 6.10. The maximum absolute atomic E-state index is 14.7. The van der Waals surface area contributed by atoms with Crippen molar-refractivity contribution in [2.75, 3.05) is 31.1 Å². The summed E-state index contributed by atoms with van der Waals surface area (Å²) in [5, 5.41) is 1.29. The lowest BCUT2D eigenvalue weighted by Crippen LogP contribution is -2.48. The molecule has 0 unspecified atom stereocenters. The summed E-state index contributed by atoms with van der Waals surface area (Å²) in [5.41, 5.74) is 3.02. The van der Waals surface area contributed by atoms with Crippen molar-refractivity contribution in [2.24, 2.45) is 0 Å². The molecule has 2 heterocycles. The SMILES string of the molecule is C=CC(=O)N1CCN(c2ncnc3cc(-c4cc(C5CC5)ccc4F)c(Cl)cc23)CC1. The zero-order valence-corrected chi connectivity index (χ0v) is 17.8. The zero-order chi connectivity index (χ0) is 21.5. The summed E-state index contributed by atoms with van der Waals surface area (Å²) in [7, 11) is 0. The average molecular weight is 437 g/mol. The molecule has 5 nitrogen and oxygen atoms in total. The van der Waals surface area contributed by atoms with E-state index in [1.165, 1.54) is 18.5 Å². The molecule has 2 aliphatic rings. The van der Waals surface area contributed by atoms with Gasteiger partial charge < -0.3 is 9.80 Å². The Labute approximate surface area is 185 Å². The van der Waals surface area contributed by atoms with E-state index in [9.17, 15) is 9.18 Å². The fraction of sp³-hybridized carbons (Fsp3) is 0.292. The highest BCUT2D eigenvalue weighted by Gasteiger charge is 2.26. The van der Waals surface area contributed by atoms with Gasteiger partial charge in [0.2, 0.25) is 5.91 Å². The standard InChI is InChI=1S/C24H22ClFN4O/c1-2-23(31)29-7-9-30(10-8-29)24-19-12-20(25)17(13-22(19)27-14-28-24)18-11-16(15-3-4-15)5-6-21(18)26/h2,5-6,11-15H,1,3-4,7-10H2. The first-order valence-electron chi connectivity index (χ1n) is 10.5. The summed E-state index contributed by atoms with van der Waals surface area (Å²) in [6.07, 6.45) is 5.17. The molecular formula is C24H22ClFN4O. The third-order valence-corrected chi connectivity index (χ3v) is 6.41. The van der Waals surface area contributed by atoms with Gasteiger partial charge in [0.1, 0.15) is 18.0 Å². The molecule has 31 heavy (non-hydrogen) atoms. The minimum Gasteiger partial charge on any atom is -0.352 e. The second-order valence-corrected chi connectivity index (χ2v) is 8.48. The van der Waals surface area contributed by atoms with Gasteiger partial charge in [-0.05, 0) is 54.7 Å².